The minimum Gasteiger partial charge on any atom is -0.490 e. The zero-order valence-electron chi connectivity index (χ0n) is 10.4. The Morgan fingerprint density at radius 1 is 1.29 bits per heavy atom. The number of hydrogen-bond acceptors (Lipinski definition) is 3. The molecule has 0 aliphatic heterocycles. The molecule has 1 aromatic carbocycles. The van der Waals surface area contributed by atoms with Crippen molar-refractivity contribution in [3.05, 3.63) is 28.8 Å². The van der Waals surface area contributed by atoms with Crippen LogP contribution in [0.25, 0.3) is 0 Å². The van der Waals surface area contributed by atoms with Crippen LogP contribution in [0.15, 0.2) is 18.2 Å². The lowest BCUT2D eigenvalue weighted by Crippen LogP contribution is -2.08. The summed E-state index contributed by atoms with van der Waals surface area (Å²) in [5, 5.41) is 0.593. The third-order valence-electron chi connectivity index (χ3n) is 2.32. The van der Waals surface area contributed by atoms with Gasteiger partial charge in [0.05, 0.1) is 11.6 Å². The van der Waals surface area contributed by atoms with E-state index >= 15 is 0 Å². The standard InChI is InChI=1S/C13H20ClNO2/c1-3-6-16-7-8-17-13-5-4-11(10(2)15)9-12(13)14/h4-5,9-10H,3,6-8,15H2,1-2H3. The first-order valence-corrected chi connectivity index (χ1v) is 6.28. The second-order valence-electron chi connectivity index (χ2n) is 3.94. The Morgan fingerprint density at radius 3 is 2.65 bits per heavy atom. The maximum atomic E-state index is 6.09. The summed E-state index contributed by atoms with van der Waals surface area (Å²) in [6.45, 7) is 5.85. The number of ether oxygens (including phenoxy) is 2. The van der Waals surface area contributed by atoms with Gasteiger partial charge in [0, 0.05) is 12.6 Å². The molecule has 1 aromatic rings. The van der Waals surface area contributed by atoms with Crippen molar-refractivity contribution in [3.8, 4) is 5.75 Å². The van der Waals surface area contributed by atoms with Crippen LogP contribution in [-0.4, -0.2) is 19.8 Å². The zero-order chi connectivity index (χ0) is 12.7. The molecule has 0 saturated carbocycles. The third-order valence-corrected chi connectivity index (χ3v) is 2.61. The zero-order valence-corrected chi connectivity index (χ0v) is 11.2. The van der Waals surface area contributed by atoms with Crippen molar-refractivity contribution in [1.29, 1.82) is 0 Å². The van der Waals surface area contributed by atoms with Crippen LogP contribution in [0.2, 0.25) is 5.02 Å². The number of nitrogens with two attached hydrogens (primary N) is 1. The van der Waals surface area contributed by atoms with Gasteiger partial charge in [-0.25, -0.2) is 0 Å². The maximum absolute atomic E-state index is 6.09. The van der Waals surface area contributed by atoms with Crippen LogP contribution in [0.5, 0.6) is 5.75 Å². The molecule has 1 atom stereocenters. The first kappa shape index (κ1) is 14.3. The van der Waals surface area contributed by atoms with Crippen molar-refractivity contribution < 1.29 is 9.47 Å². The van der Waals surface area contributed by atoms with E-state index in [4.69, 9.17) is 26.8 Å². The van der Waals surface area contributed by atoms with Crippen LogP contribution >= 0.6 is 11.6 Å². The van der Waals surface area contributed by atoms with Gasteiger partial charge in [-0.15, -0.1) is 0 Å². The summed E-state index contributed by atoms with van der Waals surface area (Å²) in [5.74, 6) is 0.677. The Kier molecular flexibility index (Phi) is 6.34. The SMILES string of the molecule is CCCOCCOc1ccc(C(C)N)cc1Cl. The summed E-state index contributed by atoms with van der Waals surface area (Å²) in [6.07, 6.45) is 1.02. The van der Waals surface area contributed by atoms with E-state index in [0.717, 1.165) is 18.6 Å². The van der Waals surface area contributed by atoms with Gasteiger partial charge in [-0.2, -0.15) is 0 Å². The topological polar surface area (TPSA) is 44.5 Å². The van der Waals surface area contributed by atoms with Gasteiger partial charge in [-0.05, 0) is 31.0 Å². The lowest BCUT2D eigenvalue weighted by molar-refractivity contribution is 0.101. The highest BCUT2D eigenvalue weighted by Gasteiger charge is 2.05. The molecule has 1 rings (SSSR count). The summed E-state index contributed by atoms with van der Waals surface area (Å²) in [4.78, 5) is 0. The molecule has 17 heavy (non-hydrogen) atoms. The Labute approximate surface area is 108 Å². The average molecular weight is 258 g/mol. The second kappa shape index (κ2) is 7.54. The van der Waals surface area contributed by atoms with E-state index in [1.54, 1.807) is 0 Å². The summed E-state index contributed by atoms with van der Waals surface area (Å²) in [7, 11) is 0. The number of rotatable bonds is 7. The van der Waals surface area contributed by atoms with Gasteiger partial charge in [0.25, 0.3) is 0 Å². The highest BCUT2D eigenvalue weighted by atomic mass is 35.5. The predicted molar refractivity (Wildman–Crippen MR) is 70.7 cm³/mol. The van der Waals surface area contributed by atoms with Gasteiger partial charge < -0.3 is 15.2 Å². The van der Waals surface area contributed by atoms with Crippen molar-refractivity contribution in [3.63, 3.8) is 0 Å². The summed E-state index contributed by atoms with van der Waals surface area (Å²) < 4.78 is 10.8. The van der Waals surface area contributed by atoms with Crippen molar-refractivity contribution >= 4 is 11.6 Å². The van der Waals surface area contributed by atoms with Crippen LogP contribution in [-0.2, 0) is 4.74 Å². The molecule has 0 spiro atoms. The minimum absolute atomic E-state index is 0.0190. The smallest absolute Gasteiger partial charge is 0.138 e. The van der Waals surface area contributed by atoms with Gasteiger partial charge in [0.2, 0.25) is 0 Å². The van der Waals surface area contributed by atoms with Crippen LogP contribution in [0.4, 0.5) is 0 Å². The first-order valence-electron chi connectivity index (χ1n) is 5.90. The Bertz CT molecular complexity index is 342. The molecule has 0 aromatic heterocycles. The van der Waals surface area contributed by atoms with Crippen LogP contribution in [0, 0.1) is 0 Å². The molecular formula is C13H20ClNO2. The number of benzene rings is 1. The maximum Gasteiger partial charge on any atom is 0.138 e. The van der Waals surface area contributed by atoms with E-state index < -0.39 is 0 Å². The Balaban J connectivity index is 2.43. The van der Waals surface area contributed by atoms with Crippen LogP contribution in [0.1, 0.15) is 31.9 Å². The molecule has 0 fully saturated rings. The molecule has 4 heteroatoms. The highest BCUT2D eigenvalue weighted by Crippen LogP contribution is 2.27. The first-order chi connectivity index (χ1) is 8.15. The summed E-state index contributed by atoms with van der Waals surface area (Å²) in [6, 6.07) is 5.60. The molecule has 0 bridgehead atoms. The molecule has 0 heterocycles. The van der Waals surface area contributed by atoms with E-state index in [1.807, 2.05) is 25.1 Å². The van der Waals surface area contributed by atoms with E-state index in [1.165, 1.54) is 0 Å². The van der Waals surface area contributed by atoms with E-state index in [-0.39, 0.29) is 6.04 Å². The molecule has 0 aliphatic carbocycles. The fraction of sp³-hybridized carbons (Fsp3) is 0.538. The highest BCUT2D eigenvalue weighted by molar-refractivity contribution is 6.32. The normalized spacial score (nSPS) is 12.5. The molecule has 0 aliphatic rings. The summed E-state index contributed by atoms with van der Waals surface area (Å²) >= 11 is 6.09. The molecule has 3 nitrogen and oxygen atoms in total. The number of hydrogen-bond donors (Lipinski definition) is 1. The van der Waals surface area contributed by atoms with Crippen molar-refractivity contribution in [2.75, 3.05) is 19.8 Å². The van der Waals surface area contributed by atoms with Crippen molar-refractivity contribution in [1.82, 2.24) is 0 Å². The van der Waals surface area contributed by atoms with E-state index in [2.05, 4.69) is 6.92 Å². The fourth-order valence-corrected chi connectivity index (χ4v) is 1.62. The van der Waals surface area contributed by atoms with E-state index in [0.29, 0.717) is 24.0 Å². The van der Waals surface area contributed by atoms with Crippen LogP contribution in [0.3, 0.4) is 0 Å². The quantitative estimate of drug-likeness (QED) is 0.763. The van der Waals surface area contributed by atoms with Gasteiger partial charge in [-0.3, -0.25) is 0 Å². The molecule has 0 radical (unpaired) electrons. The van der Waals surface area contributed by atoms with Gasteiger partial charge in [0.15, 0.2) is 0 Å². The van der Waals surface area contributed by atoms with Crippen molar-refractivity contribution in [2.45, 2.75) is 26.3 Å². The molecule has 96 valence electrons. The fourth-order valence-electron chi connectivity index (χ4n) is 1.37. The van der Waals surface area contributed by atoms with E-state index in [9.17, 15) is 0 Å². The lowest BCUT2D eigenvalue weighted by atomic mass is 10.1. The summed E-state index contributed by atoms with van der Waals surface area (Å²) in [5.41, 5.74) is 6.77. The molecule has 2 N–H and O–H groups in total. The largest absolute Gasteiger partial charge is 0.490 e. The Hall–Kier alpha value is -0.770. The third kappa shape index (κ3) is 4.94. The van der Waals surface area contributed by atoms with Gasteiger partial charge in [-0.1, -0.05) is 24.6 Å². The molecular weight excluding hydrogens is 238 g/mol. The monoisotopic (exact) mass is 257 g/mol. The molecule has 1 unspecified atom stereocenters. The molecule has 0 amide bonds. The molecule has 0 saturated heterocycles. The predicted octanol–water partition coefficient (Wildman–Crippen LogP) is 3.17. The van der Waals surface area contributed by atoms with Crippen molar-refractivity contribution in [2.24, 2.45) is 5.73 Å². The van der Waals surface area contributed by atoms with Gasteiger partial charge in [0.1, 0.15) is 12.4 Å². The van der Waals surface area contributed by atoms with Crippen LogP contribution < -0.4 is 10.5 Å². The minimum atomic E-state index is -0.0190. The Morgan fingerprint density at radius 2 is 2.06 bits per heavy atom. The lowest BCUT2D eigenvalue weighted by Gasteiger charge is -2.11. The number of halogens is 1. The average Bonchev–Trinajstić information content (AvgIpc) is 2.30. The van der Waals surface area contributed by atoms with Gasteiger partial charge >= 0.3 is 0 Å². The second-order valence-corrected chi connectivity index (χ2v) is 4.35.